The zero-order chi connectivity index (χ0) is 21.1. The lowest BCUT2D eigenvalue weighted by atomic mass is 10.1. The fourth-order valence-corrected chi connectivity index (χ4v) is 3.02. The number of H-pyrrole nitrogens is 1. The number of imidazole rings is 1. The quantitative estimate of drug-likeness (QED) is 0.496. The van der Waals surface area contributed by atoms with Crippen LogP contribution in [0.1, 0.15) is 17.0 Å². The van der Waals surface area contributed by atoms with Gasteiger partial charge >= 0.3 is 0 Å². The first-order chi connectivity index (χ1) is 14.5. The summed E-state index contributed by atoms with van der Waals surface area (Å²) >= 11 is 0. The van der Waals surface area contributed by atoms with Crippen molar-refractivity contribution in [3.63, 3.8) is 0 Å². The largest absolute Gasteiger partial charge is 0.496 e. The predicted octanol–water partition coefficient (Wildman–Crippen LogP) is 4.88. The molecule has 3 heterocycles. The van der Waals surface area contributed by atoms with E-state index in [4.69, 9.17) is 9.47 Å². The fourth-order valence-electron chi connectivity index (χ4n) is 3.02. The molecule has 0 radical (unpaired) electrons. The van der Waals surface area contributed by atoms with Crippen molar-refractivity contribution in [2.24, 2.45) is 0 Å². The molecule has 6 nitrogen and oxygen atoms in total. The first-order valence-corrected chi connectivity index (χ1v) is 9.44. The van der Waals surface area contributed by atoms with Gasteiger partial charge < -0.3 is 14.5 Å². The summed E-state index contributed by atoms with van der Waals surface area (Å²) < 4.78 is 25.2. The zero-order valence-electron chi connectivity index (χ0n) is 16.9. The van der Waals surface area contributed by atoms with Crippen LogP contribution in [0.3, 0.4) is 0 Å². The van der Waals surface area contributed by atoms with Gasteiger partial charge in [0.2, 0.25) is 0 Å². The third kappa shape index (κ3) is 4.15. The molecule has 3 aromatic heterocycles. The molecule has 0 saturated heterocycles. The third-order valence-electron chi connectivity index (χ3n) is 4.65. The van der Waals surface area contributed by atoms with Crippen molar-refractivity contribution in [1.29, 1.82) is 0 Å². The number of aromatic nitrogens is 4. The van der Waals surface area contributed by atoms with Crippen LogP contribution >= 0.6 is 0 Å². The number of benzene rings is 1. The minimum absolute atomic E-state index is 0.0310. The van der Waals surface area contributed by atoms with Crippen molar-refractivity contribution in [1.82, 2.24) is 19.9 Å². The van der Waals surface area contributed by atoms with Crippen LogP contribution in [-0.4, -0.2) is 27.0 Å². The number of halogens is 1. The van der Waals surface area contributed by atoms with Gasteiger partial charge in [-0.1, -0.05) is 0 Å². The van der Waals surface area contributed by atoms with E-state index in [2.05, 4.69) is 19.9 Å². The van der Waals surface area contributed by atoms with E-state index in [1.54, 1.807) is 44.8 Å². The third-order valence-corrected chi connectivity index (χ3v) is 4.65. The second-order valence-electron chi connectivity index (χ2n) is 6.93. The van der Waals surface area contributed by atoms with Gasteiger partial charge in [-0.25, -0.2) is 9.37 Å². The summed E-state index contributed by atoms with van der Waals surface area (Å²) in [5.41, 5.74) is 4.52. The van der Waals surface area contributed by atoms with Crippen molar-refractivity contribution in [3.05, 3.63) is 77.8 Å². The average molecular weight is 404 g/mol. The Morgan fingerprint density at radius 3 is 2.57 bits per heavy atom. The number of methoxy groups -OCH3 is 1. The van der Waals surface area contributed by atoms with Gasteiger partial charge in [0.05, 0.1) is 19.0 Å². The van der Waals surface area contributed by atoms with Crippen LogP contribution in [0.4, 0.5) is 4.39 Å². The Kier molecular flexibility index (Phi) is 5.43. The zero-order valence-corrected chi connectivity index (χ0v) is 16.9. The second-order valence-corrected chi connectivity index (χ2v) is 6.93. The van der Waals surface area contributed by atoms with E-state index in [0.717, 1.165) is 33.9 Å². The lowest BCUT2D eigenvalue weighted by molar-refractivity contribution is 0.292. The Morgan fingerprint density at radius 2 is 1.83 bits per heavy atom. The van der Waals surface area contributed by atoms with Crippen LogP contribution in [0.15, 0.2) is 55.0 Å². The molecule has 7 heteroatoms. The molecule has 0 fully saturated rings. The SMILES string of the molecule is COc1cc(OCc2ncc(C)cc2F)ccc1-c1cnc(-c2ccc(C)nc2)[nH]1. The Hall–Kier alpha value is -3.74. The topological polar surface area (TPSA) is 72.9 Å². The number of rotatable bonds is 6. The highest BCUT2D eigenvalue weighted by Gasteiger charge is 2.13. The lowest BCUT2D eigenvalue weighted by Crippen LogP contribution is -2.02. The minimum Gasteiger partial charge on any atom is -0.496 e. The molecule has 0 atom stereocenters. The highest BCUT2D eigenvalue weighted by Crippen LogP contribution is 2.33. The summed E-state index contributed by atoms with van der Waals surface area (Å²) in [5, 5.41) is 0. The molecule has 30 heavy (non-hydrogen) atoms. The van der Waals surface area contributed by atoms with E-state index in [1.165, 1.54) is 6.07 Å². The van der Waals surface area contributed by atoms with Crippen LogP contribution in [-0.2, 0) is 6.61 Å². The van der Waals surface area contributed by atoms with Crippen LogP contribution in [0.2, 0.25) is 0 Å². The van der Waals surface area contributed by atoms with E-state index in [0.29, 0.717) is 11.5 Å². The lowest BCUT2D eigenvalue weighted by Gasteiger charge is -2.11. The second kappa shape index (κ2) is 8.32. The molecule has 4 aromatic rings. The summed E-state index contributed by atoms with van der Waals surface area (Å²) in [6.07, 6.45) is 5.15. The molecule has 0 bridgehead atoms. The highest BCUT2D eigenvalue weighted by molar-refractivity contribution is 5.70. The normalized spacial score (nSPS) is 10.8. The fraction of sp³-hybridized carbons (Fsp3) is 0.174. The number of nitrogens with zero attached hydrogens (tertiary/aromatic N) is 3. The van der Waals surface area contributed by atoms with Crippen molar-refractivity contribution in [2.45, 2.75) is 20.5 Å². The van der Waals surface area contributed by atoms with E-state index in [9.17, 15) is 4.39 Å². The summed E-state index contributed by atoms with van der Waals surface area (Å²) in [6, 6.07) is 10.8. The Bertz CT molecular complexity index is 1170. The number of hydrogen-bond acceptors (Lipinski definition) is 5. The molecule has 1 N–H and O–H groups in total. The van der Waals surface area contributed by atoms with Crippen LogP contribution in [0, 0.1) is 19.7 Å². The molecular weight excluding hydrogens is 383 g/mol. The van der Waals surface area contributed by atoms with Crippen LogP contribution in [0.25, 0.3) is 22.6 Å². The highest BCUT2D eigenvalue weighted by atomic mass is 19.1. The Labute approximate surface area is 173 Å². The van der Waals surface area contributed by atoms with E-state index in [-0.39, 0.29) is 18.1 Å². The molecule has 0 saturated carbocycles. The minimum atomic E-state index is -0.380. The molecule has 1 aromatic carbocycles. The van der Waals surface area contributed by atoms with E-state index in [1.807, 2.05) is 25.1 Å². The van der Waals surface area contributed by atoms with Crippen LogP contribution < -0.4 is 9.47 Å². The average Bonchev–Trinajstić information content (AvgIpc) is 3.23. The smallest absolute Gasteiger partial charge is 0.148 e. The van der Waals surface area contributed by atoms with Crippen molar-refractivity contribution in [2.75, 3.05) is 7.11 Å². The van der Waals surface area contributed by atoms with Gasteiger partial charge in [0.25, 0.3) is 0 Å². The summed E-state index contributed by atoms with van der Waals surface area (Å²) in [7, 11) is 1.59. The maximum absolute atomic E-state index is 14.0. The molecule has 0 aliphatic rings. The molecule has 4 rings (SSSR count). The summed E-state index contributed by atoms with van der Waals surface area (Å²) in [5.74, 6) is 1.51. The Morgan fingerprint density at radius 1 is 0.967 bits per heavy atom. The molecule has 0 unspecified atom stereocenters. The number of hydrogen-bond donors (Lipinski definition) is 1. The van der Waals surface area contributed by atoms with Gasteiger partial charge in [0.15, 0.2) is 0 Å². The van der Waals surface area contributed by atoms with Gasteiger partial charge in [0, 0.05) is 35.3 Å². The first-order valence-electron chi connectivity index (χ1n) is 9.44. The summed E-state index contributed by atoms with van der Waals surface area (Å²) in [4.78, 5) is 16.1. The predicted molar refractivity (Wildman–Crippen MR) is 112 cm³/mol. The molecule has 0 spiro atoms. The van der Waals surface area contributed by atoms with Gasteiger partial charge in [-0.3, -0.25) is 9.97 Å². The molecule has 0 amide bonds. The van der Waals surface area contributed by atoms with Crippen LogP contribution in [0.5, 0.6) is 11.5 Å². The molecule has 0 aliphatic heterocycles. The van der Waals surface area contributed by atoms with Crippen molar-refractivity contribution < 1.29 is 13.9 Å². The maximum atomic E-state index is 14.0. The molecule has 0 aliphatic carbocycles. The number of aryl methyl sites for hydroxylation is 2. The van der Waals surface area contributed by atoms with Gasteiger partial charge in [-0.2, -0.15) is 0 Å². The van der Waals surface area contributed by atoms with E-state index >= 15 is 0 Å². The van der Waals surface area contributed by atoms with Crippen molar-refractivity contribution >= 4 is 0 Å². The Balaban J connectivity index is 1.54. The number of pyridine rings is 2. The summed E-state index contributed by atoms with van der Waals surface area (Å²) in [6.45, 7) is 3.76. The number of nitrogens with one attached hydrogen (secondary N) is 1. The maximum Gasteiger partial charge on any atom is 0.148 e. The van der Waals surface area contributed by atoms with Gasteiger partial charge in [-0.15, -0.1) is 0 Å². The standard InChI is InChI=1S/C23H21FN4O2/c1-14-8-19(24)21(26-10-14)13-30-17-6-7-18(22(9-17)29-3)20-12-27-23(28-20)16-5-4-15(2)25-11-16/h4-12H,13H2,1-3H3,(H,27,28). The van der Waals surface area contributed by atoms with Gasteiger partial charge in [-0.05, 0) is 49.7 Å². The number of aromatic amines is 1. The monoisotopic (exact) mass is 404 g/mol. The molecule has 152 valence electrons. The first kappa shape index (κ1) is 19.6. The van der Waals surface area contributed by atoms with Gasteiger partial charge in [0.1, 0.15) is 35.4 Å². The molecular formula is C23H21FN4O2. The van der Waals surface area contributed by atoms with Crippen molar-refractivity contribution in [3.8, 4) is 34.1 Å². The van der Waals surface area contributed by atoms with E-state index < -0.39 is 0 Å². The number of ether oxygens (including phenoxy) is 2.